The summed E-state index contributed by atoms with van der Waals surface area (Å²) >= 11 is 0. The van der Waals surface area contributed by atoms with Crippen molar-refractivity contribution in [2.24, 2.45) is 0 Å². The molecule has 1 heterocycles. The number of carbonyl (C=O) groups excluding carboxylic acids is 1. The van der Waals surface area contributed by atoms with Gasteiger partial charge in [0.15, 0.2) is 0 Å². The zero-order valence-corrected chi connectivity index (χ0v) is 11.5. The van der Waals surface area contributed by atoms with Gasteiger partial charge in [0, 0.05) is 6.54 Å². The Morgan fingerprint density at radius 1 is 1.50 bits per heavy atom. The van der Waals surface area contributed by atoms with Gasteiger partial charge in [0.05, 0.1) is 37.3 Å². The Kier molecular flexibility index (Phi) is 4.80. The molecule has 0 saturated heterocycles. The predicted molar refractivity (Wildman–Crippen MR) is 72.4 cm³/mol. The van der Waals surface area contributed by atoms with E-state index in [-0.39, 0.29) is 18.7 Å². The summed E-state index contributed by atoms with van der Waals surface area (Å²) in [5.41, 5.74) is -0.856. The quantitative estimate of drug-likeness (QED) is 0.864. The molecule has 108 valence electrons. The monoisotopic (exact) mass is 276 g/mol. The third-order valence-electron chi connectivity index (χ3n) is 3.79. The first-order valence-electron chi connectivity index (χ1n) is 7.02. The van der Waals surface area contributed by atoms with E-state index in [2.05, 4.69) is 0 Å². The van der Waals surface area contributed by atoms with Gasteiger partial charge in [0.2, 0.25) is 5.91 Å². The van der Waals surface area contributed by atoms with E-state index in [0.29, 0.717) is 31.7 Å². The van der Waals surface area contributed by atoms with E-state index in [0.717, 1.165) is 12.8 Å². The molecule has 0 spiro atoms. The molecule has 1 fully saturated rings. The lowest BCUT2D eigenvalue weighted by Gasteiger charge is -2.27. The minimum absolute atomic E-state index is 0.110. The summed E-state index contributed by atoms with van der Waals surface area (Å²) in [4.78, 5) is 13.9. The van der Waals surface area contributed by atoms with Crippen molar-refractivity contribution in [3.8, 4) is 6.07 Å². The minimum atomic E-state index is -0.856. The van der Waals surface area contributed by atoms with Crippen LogP contribution in [-0.2, 0) is 11.3 Å². The van der Waals surface area contributed by atoms with Crippen LogP contribution in [0.25, 0.3) is 0 Å². The minimum Gasteiger partial charge on any atom is -0.467 e. The fourth-order valence-corrected chi connectivity index (χ4v) is 2.67. The highest BCUT2D eigenvalue weighted by Crippen LogP contribution is 2.32. The molecule has 5 nitrogen and oxygen atoms in total. The van der Waals surface area contributed by atoms with E-state index >= 15 is 0 Å². The molecule has 20 heavy (non-hydrogen) atoms. The summed E-state index contributed by atoms with van der Waals surface area (Å²) in [7, 11) is 0. The van der Waals surface area contributed by atoms with E-state index < -0.39 is 5.60 Å². The van der Waals surface area contributed by atoms with Crippen molar-refractivity contribution in [2.45, 2.75) is 50.7 Å². The lowest BCUT2D eigenvalue weighted by molar-refractivity contribution is -0.137. The summed E-state index contributed by atoms with van der Waals surface area (Å²) < 4.78 is 5.25. The molecule has 1 amide bonds. The van der Waals surface area contributed by atoms with Crippen molar-refractivity contribution in [1.29, 1.82) is 5.26 Å². The van der Waals surface area contributed by atoms with Crippen LogP contribution in [-0.4, -0.2) is 28.1 Å². The fourth-order valence-electron chi connectivity index (χ4n) is 2.67. The van der Waals surface area contributed by atoms with Gasteiger partial charge >= 0.3 is 0 Å². The molecular formula is C15H20N2O3. The van der Waals surface area contributed by atoms with Crippen LogP contribution in [0.3, 0.4) is 0 Å². The number of nitrogens with zero attached hydrogens (tertiary/aromatic N) is 2. The highest BCUT2D eigenvalue weighted by molar-refractivity contribution is 5.77. The second kappa shape index (κ2) is 6.58. The first-order valence-corrected chi connectivity index (χ1v) is 7.02. The maximum absolute atomic E-state index is 12.4. The smallest absolute Gasteiger partial charge is 0.225 e. The summed E-state index contributed by atoms with van der Waals surface area (Å²) in [6.45, 7) is 0.718. The van der Waals surface area contributed by atoms with Crippen LogP contribution in [0.15, 0.2) is 22.8 Å². The number of nitriles is 1. The van der Waals surface area contributed by atoms with Crippen molar-refractivity contribution in [3.63, 3.8) is 0 Å². The second-order valence-electron chi connectivity index (χ2n) is 5.41. The lowest BCUT2D eigenvalue weighted by Crippen LogP contribution is -2.38. The SMILES string of the molecule is N#CCCN(Cc1ccco1)C(=O)CC1(O)CCCC1. The molecule has 0 bridgehead atoms. The van der Waals surface area contributed by atoms with Crippen molar-refractivity contribution in [1.82, 2.24) is 4.90 Å². The van der Waals surface area contributed by atoms with E-state index in [9.17, 15) is 9.90 Å². The van der Waals surface area contributed by atoms with Gasteiger partial charge in [0.1, 0.15) is 5.76 Å². The van der Waals surface area contributed by atoms with Crippen LogP contribution in [0.1, 0.15) is 44.3 Å². The molecule has 0 aliphatic heterocycles. The standard InChI is InChI=1S/C15H20N2O3/c16-8-4-9-17(12-13-5-3-10-20-13)14(18)11-15(19)6-1-2-7-15/h3,5,10,19H,1-2,4,6-7,9,11-12H2. The fraction of sp³-hybridized carbons (Fsp3) is 0.600. The van der Waals surface area contributed by atoms with Crippen LogP contribution >= 0.6 is 0 Å². The van der Waals surface area contributed by atoms with Crippen LogP contribution in [0, 0.1) is 11.3 Å². The molecule has 1 aromatic rings. The summed E-state index contributed by atoms with van der Waals surface area (Å²) in [6.07, 6.45) is 5.30. The number of hydrogen-bond donors (Lipinski definition) is 1. The first kappa shape index (κ1) is 14.6. The van der Waals surface area contributed by atoms with Crippen LogP contribution in [0.5, 0.6) is 0 Å². The third-order valence-corrected chi connectivity index (χ3v) is 3.79. The van der Waals surface area contributed by atoms with Crippen molar-refractivity contribution >= 4 is 5.91 Å². The molecule has 0 aromatic carbocycles. The first-order chi connectivity index (χ1) is 9.63. The maximum atomic E-state index is 12.4. The van der Waals surface area contributed by atoms with Crippen molar-refractivity contribution in [3.05, 3.63) is 24.2 Å². The van der Waals surface area contributed by atoms with Crippen molar-refractivity contribution < 1.29 is 14.3 Å². The van der Waals surface area contributed by atoms with Gasteiger partial charge in [-0.2, -0.15) is 5.26 Å². The van der Waals surface area contributed by atoms with Gasteiger partial charge in [-0.25, -0.2) is 0 Å². The van der Waals surface area contributed by atoms with E-state index in [1.807, 2.05) is 6.07 Å². The molecule has 1 aliphatic carbocycles. The van der Waals surface area contributed by atoms with Gasteiger partial charge in [-0.15, -0.1) is 0 Å². The van der Waals surface area contributed by atoms with Gasteiger partial charge in [-0.1, -0.05) is 12.8 Å². The average Bonchev–Trinajstić information content (AvgIpc) is 3.06. The summed E-state index contributed by atoms with van der Waals surface area (Å²) in [6, 6.07) is 5.62. The van der Waals surface area contributed by atoms with Crippen LogP contribution in [0.2, 0.25) is 0 Å². The topological polar surface area (TPSA) is 77.5 Å². The van der Waals surface area contributed by atoms with Crippen molar-refractivity contribution in [2.75, 3.05) is 6.54 Å². The summed E-state index contributed by atoms with van der Waals surface area (Å²) in [5, 5.41) is 19.0. The van der Waals surface area contributed by atoms with Gasteiger partial charge < -0.3 is 14.4 Å². The highest BCUT2D eigenvalue weighted by Gasteiger charge is 2.34. The molecule has 1 aromatic heterocycles. The number of aliphatic hydroxyl groups is 1. The van der Waals surface area contributed by atoms with Gasteiger partial charge in [-0.05, 0) is 25.0 Å². The molecule has 0 atom stereocenters. The number of rotatable bonds is 6. The van der Waals surface area contributed by atoms with E-state index in [1.54, 1.807) is 23.3 Å². The van der Waals surface area contributed by atoms with Crippen LogP contribution < -0.4 is 0 Å². The molecule has 2 rings (SSSR count). The maximum Gasteiger partial charge on any atom is 0.225 e. The number of furan rings is 1. The Labute approximate surface area is 118 Å². The zero-order chi connectivity index (χ0) is 14.4. The molecule has 1 saturated carbocycles. The molecule has 0 unspecified atom stereocenters. The Morgan fingerprint density at radius 3 is 2.85 bits per heavy atom. The largest absolute Gasteiger partial charge is 0.467 e. The highest BCUT2D eigenvalue weighted by atomic mass is 16.3. The number of carbonyl (C=O) groups is 1. The Balaban J connectivity index is 1.97. The predicted octanol–water partition coefficient (Wildman–Crippen LogP) is 2.22. The molecule has 1 N–H and O–H groups in total. The Hall–Kier alpha value is -1.80. The van der Waals surface area contributed by atoms with E-state index in [1.165, 1.54) is 0 Å². The second-order valence-corrected chi connectivity index (χ2v) is 5.41. The normalized spacial score (nSPS) is 16.8. The average molecular weight is 276 g/mol. The molecule has 1 aliphatic rings. The zero-order valence-electron chi connectivity index (χ0n) is 11.5. The summed E-state index contributed by atoms with van der Waals surface area (Å²) in [5.74, 6) is 0.579. The molecule has 0 radical (unpaired) electrons. The number of amides is 1. The molecule has 5 heteroatoms. The molecular weight excluding hydrogens is 256 g/mol. The van der Waals surface area contributed by atoms with Gasteiger partial charge in [0.25, 0.3) is 0 Å². The third kappa shape index (κ3) is 3.84. The van der Waals surface area contributed by atoms with Gasteiger partial charge in [-0.3, -0.25) is 4.79 Å². The Morgan fingerprint density at radius 2 is 2.25 bits per heavy atom. The Bertz CT molecular complexity index is 470. The van der Waals surface area contributed by atoms with Crippen LogP contribution in [0.4, 0.5) is 0 Å². The lowest BCUT2D eigenvalue weighted by atomic mass is 9.97. The van der Waals surface area contributed by atoms with E-state index in [4.69, 9.17) is 9.68 Å². The number of hydrogen-bond acceptors (Lipinski definition) is 4.